The molecule has 0 radical (unpaired) electrons. The molecule has 1 aliphatic heterocycles. The number of ether oxygens (including phenoxy) is 1. The molecule has 1 fully saturated rings. The fourth-order valence-corrected chi connectivity index (χ4v) is 4.44. The maximum Gasteiger partial charge on any atom is 0.335 e. The van der Waals surface area contributed by atoms with Crippen molar-refractivity contribution in [2.24, 2.45) is 0 Å². The van der Waals surface area contributed by atoms with Gasteiger partial charge in [0.1, 0.15) is 17.9 Å². The highest BCUT2D eigenvalue weighted by molar-refractivity contribution is 9.11. The second kappa shape index (κ2) is 9.16. The molecule has 4 amide bonds. The Hall–Kier alpha value is -2.41. The number of nitrogens with one attached hydrogen (secondary N) is 1. The number of terminal acetylenes is 1. The number of urea groups is 1. The molecular weight excluding hydrogens is 584 g/mol. The predicted octanol–water partition coefficient (Wildman–Crippen LogP) is 4.96. The van der Waals surface area contributed by atoms with Crippen molar-refractivity contribution in [2.45, 2.75) is 6.92 Å². The van der Waals surface area contributed by atoms with Crippen LogP contribution in [-0.4, -0.2) is 24.5 Å². The van der Waals surface area contributed by atoms with Crippen molar-refractivity contribution in [2.75, 3.05) is 11.5 Å². The minimum atomic E-state index is -0.802. The first-order chi connectivity index (χ1) is 14.2. The van der Waals surface area contributed by atoms with E-state index in [2.05, 4.69) is 59.0 Å². The van der Waals surface area contributed by atoms with E-state index in [0.29, 0.717) is 25.9 Å². The van der Waals surface area contributed by atoms with Crippen LogP contribution in [0.1, 0.15) is 11.1 Å². The summed E-state index contributed by atoms with van der Waals surface area (Å²) in [4.78, 5) is 38.7. The maximum atomic E-state index is 13.0. The number of imide groups is 2. The summed E-state index contributed by atoms with van der Waals surface area (Å²) < 4.78 is 7.46. The summed E-state index contributed by atoms with van der Waals surface area (Å²) in [5.41, 5.74) is 1.57. The number of amides is 4. The number of nitrogens with zero attached hydrogens (tertiary/aromatic N) is 1. The molecule has 3 rings (SSSR count). The zero-order chi connectivity index (χ0) is 22.0. The fourth-order valence-electron chi connectivity index (χ4n) is 2.74. The van der Waals surface area contributed by atoms with Gasteiger partial charge >= 0.3 is 6.03 Å². The molecule has 152 valence electrons. The lowest BCUT2D eigenvalue weighted by Gasteiger charge is -2.26. The molecule has 0 aromatic heterocycles. The molecule has 2 aromatic carbocycles. The van der Waals surface area contributed by atoms with E-state index < -0.39 is 17.8 Å². The van der Waals surface area contributed by atoms with Gasteiger partial charge in [0.25, 0.3) is 11.8 Å². The topological polar surface area (TPSA) is 75.7 Å². The van der Waals surface area contributed by atoms with E-state index in [0.717, 1.165) is 14.9 Å². The van der Waals surface area contributed by atoms with E-state index in [1.165, 1.54) is 6.08 Å². The smallest absolute Gasteiger partial charge is 0.335 e. The van der Waals surface area contributed by atoms with Gasteiger partial charge in [-0.1, -0.05) is 21.9 Å². The van der Waals surface area contributed by atoms with E-state index in [1.54, 1.807) is 30.3 Å². The zero-order valence-electron chi connectivity index (χ0n) is 15.5. The Morgan fingerprint density at radius 1 is 1.10 bits per heavy atom. The summed E-state index contributed by atoms with van der Waals surface area (Å²) in [6.45, 7) is 1.92. The summed E-state index contributed by atoms with van der Waals surface area (Å²) in [5, 5.41) is 2.21. The molecule has 6 nitrogen and oxygen atoms in total. The van der Waals surface area contributed by atoms with Crippen LogP contribution < -0.4 is 15.0 Å². The lowest BCUT2D eigenvalue weighted by atomic mass is 10.1. The first kappa shape index (κ1) is 22.3. The van der Waals surface area contributed by atoms with Crippen LogP contribution in [0.2, 0.25) is 0 Å². The molecule has 1 aliphatic rings. The highest BCUT2D eigenvalue weighted by Crippen LogP contribution is 2.36. The SMILES string of the molecule is C#CCOc1c(Br)cc(/C=C2\C(=O)NC(=O)N(c3ccc(Br)c(C)c3)C2=O)cc1Br. The third-order valence-electron chi connectivity index (χ3n) is 4.13. The van der Waals surface area contributed by atoms with E-state index >= 15 is 0 Å². The molecular formula is C21H13Br3N2O4. The average molecular weight is 597 g/mol. The van der Waals surface area contributed by atoms with Gasteiger partial charge in [-0.25, -0.2) is 9.69 Å². The Bertz CT molecular complexity index is 1130. The van der Waals surface area contributed by atoms with Gasteiger partial charge in [-0.15, -0.1) is 6.42 Å². The second-order valence-electron chi connectivity index (χ2n) is 6.20. The summed E-state index contributed by atoms with van der Waals surface area (Å²) in [6.07, 6.45) is 6.62. The molecule has 0 unspecified atom stereocenters. The first-order valence-corrected chi connectivity index (χ1v) is 10.8. The Morgan fingerprint density at radius 3 is 2.37 bits per heavy atom. The summed E-state index contributed by atoms with van der Waals surface area (Å²) in [5.74, 6) is 1.39. The third kappa shape index (κ3) is 4.51. The number of halogens is 3. The molecule has 0 saturated carbocycles. The molecule has 1 saturated heterocycles. The molecule has 1 N–H and O–H groups in total. The Labute approximate surface area is 198 Å². The van der Waals surface area contributed by atoms with E-state index in [4.69, 9.17) is 11.2 Å². The fraction of sp³-hybridized carbons (Fsp3) is 0.0952. The van der Waals surface area contributed by atoms with Gasteiger partial charge in [0.2, 0.25) is 0 Å². The van der Waals surface area contributed by atoms with Crippen LogP contribution >= 0.6 is 47.8 Å². The van der Waals surface area contributed by atoms with Gasteiger partial charge < -0.3 is 4.74 Å². The Balaban J connectivity index is 2.00. The number of benzene rings is 2. The lowest BCUT2D eigenvalue weighted by Crippen LogP contribution is -2.54. The highest BCUT2D eigenvalue weighted by atomic mass is 79.9. The summed E-state index contributed by atoms with van der Waals surface area (Å²) >= 11 is 10.2. The molecule has 9 heteroatoms. The minimum Gasteiger partial charge on any atom is -0.479 e. The molecule has 2 aromatic rings. The minimum absolute atomic E-state index is 0.0855. The maximum absolute atomic E-state index is 13.0. The highest BCUT2D eigenvalue weighted by Gasteiger charge is 2.37. The number of anilines is 1. The summed E-state index contributed by atoms with van der Waals surface area (Å²) in [7, 11) is 0. The van der Waals surface area contributed by atoms with Crippen LogP contribution in [0.4, 0.5) is 10.5 Å². The van der Waals surface area contributed by atoms with Crippen molar-refractivity contribution < 1.29 is 19.1 Å². The first-order valence-electron chi connectivity index (χ1n) is 8.46. The van der Waals surface area contributed by atoms with Crippen molar-refractivity contribution in [3.63, 3.8) is 0 Å². The van der Waals surface area contributed by atoms with Crippen LogP contribution in [0.25, 0.3) is 6.08 Å². The summed E-state index contributed by atoms with van der Waals surface area (Å²) in [6, 6.07) is 7.58. The number of hydrogen-bond acceptors (Lipinski definition) is 4. The third-order valence-corrected chi connectivity index (χ3v) is 6.20. The molecule has 0 spiro atoms. The van der Waals surface area contributed by atoms with E-state index in [1.807, 2.05) is 6.92 Å². The normalized spacial score (nSPS) is 15.2. The van der Waals surface area contributed by atoms with Crippen LogP contribution in [0.3, 0.4) is 0 Å². The average Bonchev–Trinajstić information content (AvgIpc) is 2.67. The second-order valence-corrected chi connectivity index (χ2v) is 8.76. The van der Waals surface area contributed by atoms with Gasteiger partial charge in [0.15, 0.2) is 0 Å². The van der Waals surface area contributed by atoms with Crippen molar-refractivity contribution in [3.8, 4) is 18.1 Å². The lowest BCUT2D eigenvalue weighted by molar-refractivity contribution is -0.122. The van der Waals surface area contributed by atoms with Crippen LogP contribution in [0.5, 0.6) is 5.75 Å². The quantitative estimate of drug-likeness (QED) is 0.308. The van der Waals surface area contributed by atoms with Crippen LogP contribution in [0, 0.1) is 19.3 Å². The van der Waals surface area contributed by atoms with Crippen LogP contribution in [0.15, 0.2) is 49.3 Å². The van der Waals surface area contributed by atoms with Gasteiger partial charge in [0.05, 0.1) is 14.6 Å². The standard InChI is InChI=1S/C21H13Br3N2O4/c1-3-6-30-18-16(23)9-12(10-17(18)24)8-14-19(27)25-21(29)26(20(14)28)13-4-5-15(22)11(2)7-13/h1,4-5,7-10H,6H2,2H3,(H,25,27,29)/b14-8+. The van der Waals surface area contributed by atoms with Crippen molar-refractivity contribution >= 4 is 77.4 Å². The molecule has 30 heavy (non-hydrogen) atoms. The largest absolute Gasteiger partial charge is 0.479 e. The number of barbiturate groups is 1. The van der Waals surface area contributed by atoms with Gasteiger partial charge in [-0.2, -0.15) is 0 Å². The van der Waals surface area contributed by atoms with Gasteiger partial charge in [0, 0.05) is 4.47 Å². The Morgan fingerprint density at radius 2 is 1.77 bits per heavy atom. The zero-order valence-corrected chi connectivity index (χ0v) is 20.2. The number of aryl methyl sites for hydroxylation is 1. The Kier molecular flexibility index (Phi) is 6.81. The molecule has 0 aliphatic carbocycles. The monoisotopic (exact) mass is 594 g/mol. The number of hydrogen-bond donors (Lipinski definition) is 1. The molecule has 0 bridgehead atoms. The predicted molar refractivity (Wildman–Crippen MR) is 124 cm³/mol. The van der Waals surface area contributed by atoms with Gasteiger partial charge in [-0.3, -0.25) is 14.9 Å². The van der Waals surface area contributed by atoms with Crippen molar-refractivity contribution in [3.05, 3.63) is 60.5 Å². The molecule has 0 atom stereocenters. The number of carbonyl (C=O) groups excluding carboxylic acids is 3. The molecule has 1 heterocycles. The number of rotatable bonds is 4. The van der Waals surface area contributed by atoms with E-state index in [-0.39, 0.29) is 12.2 Å². The van der Waals surface area contributed by atoms with Crippen molar-refractivity contribution in [1.82, 2.24) is 5.32 Å². The number of carbonyl (C=O) groups is 3. The van der Waals surface area contributed by atoms with Crippen LogP contribution in [-0.2, 0) is 9.59 Å². The van der Waals surface area contributed by atoms with Gasteiger partial charge in [-0.05, 0) is 86.3 Å². The van der Waals surface area contributed by atoms with E-state index in [9.17, 15) is 14.4 Å². The van der Waals surface area contributed by atoms with Crippen molar-refractivity contribution in [1.29, 1.82) is 0 Å².